The smallest absolute Gasteiger partial charge is 0.291 e. The zero-order valence-corrected chi connectivity index (χ0v) is 13.8. The minimum atomic E-state index is -0.407. The van der Waals surface area contributed by atoms with Gasteiger partial charge in [0, 0.05) is 19.1 Å². The van der Waals surface area contributed by atoms with Crippen molar-refractivity contribution in [2.75, 3.05) is 23.8 Å². The maximum absolute atomic E-state index is 12.2. The van der Waals surface area contributed by atoms with Crippen LogP contribution in [-0.4, -0.2) is 25.0 Å². The van der Waals surface area contributed by atoms with E-state index in [4.69, 9.17) is 13.9 Å². The van der Waals surface area contributed by atoms with Crippen molar-refractivity contribution in [3.05, 3.63) is 36.3 Å². The van der Waals surface area contributed by atoms with E-state index in [1.54, 1.807) is 24.3 Å². The second kappa shape index (κ2) is 8.05. The van der Waals surface area contributed by atoms with Gasteiger partial charge >= 0.3 is 0 Å². The number of anilines is 2. The highest BCUT2D eigenvalue weighted by Crippen LogP contribution is 2.37. The molecule has 2 amide bonds. The molecule has 0 aliphatic heterocycles. The molecule has 2 N–H and O–H groups in total. The highest BCUT2D eigenvalue weighted by atomic mass is 16.5. The van der Waals surface area contributed by atoms with E-state index in [9.17, 15) is 9.59 Å². The lowest BCUT2D eigenvalue weighted by Crippen LogP contribution is -2.14. The molecule has 0 aliphatic rings. The fourth-order valence-corrected chi connectivity index (χ4v) is 2.09. The molecular weight excluding hydrogens is 312 g/mol. The lowest BCUT2D eigenvalue weighted by molar-refractivity contribution is -0.114. The van der Waals surface area contributed by atoms with Crippen LogP contribution in [0, 0.1) is 0 Å². The molecule has 1 aromatic heterocycles. The Hall–Kier alpha value is -2.96. The zero-order valence-electron chi connectivity index (χ0n) is 13.8. The largest absolute Gasteiger partial charge is 0.492 e. The number of rotatable bonds is 7. The summed E-state index contributed by atoms with van der Waals surface area (Å²) in [6.45, 7) is 5.87. The molecule has 2 rings (SSSR count). The molecule has 0 radical (unpaired) electrons. The number of carbonyl (C=O) groups is 2. The van der Waals surface area contributed by atoms with Gasteiger partial charge in [0.2, 0.25) is 5.91 Å². The van der Waals surface area contributed by atoms with Crippen LogP contribution in [0.3, 0.4) is 0 Å². The summed E-state index contributed by atoms with van der Waals surface area (Å²) in [6.07, 6.45) is 1.42. The molecule has 7 heteroatoms. The van der Waals surface area contributed by atoms with Crippen LogP contribution in [0.1, 0.15) is 31.3 Å². The van der Waals surface area contributed by atoms with Gasteiger partial charge in [0.1, 0.15) is 11.5 Å². The predicted octanol–water partition coefficient (Wildman–Crippen LogP) is 3.29. The minimum absolute atomic E-state index is 0.182. The quantitative estimate of drug-likeness (QED) is 0.812. The van der Waals surface area contributed by atoms with Crippen molar-refractivity contribution in [3.8, 4) is 11.5 Å². The summed E-state index contributed by atoms with van der Waals surface area (Å²) in [5, 5.41) is 5.42. The van der Waals surface area contributed by atoms with Crippen molar-refractivity contribution in [1.82, 2.24) is 0 Å². The number of hydrogen-bond acceptors (Lipinski definition) is 5. The molecule has 0 saturated heterocycles. The molecule has 0 unspecified atom stereocenters. The molecule has 0 aliphatic carbocycles. The first-order chi connectivity index (χ1) is 11.5. The van der Waals surface area contributed by atoms with Gasteiger partial charge in [0.15, 0.2) is 5.76 Å². The van der Waals surface area contributed by atoms with E-state index in [0.29, 0.717) is 36.1 Å². The Morgan fingerprint density at radius 1 is 1.04 bits per heavy atom. The Morgan fingerprint density at radius 3 is 2.08 bits per heavy atom. The van der Waals surface area contributed by atoms with Crippen LogP contribution in [0.25, 0.3) is 0 Å². The standard InChI is InChI=1S/C17H20N2O5/c1-4-22-15-10-13(19-17(21)14-7-6-8-24-14)16(23-5-2)9-12(15)18-11(3)20/h6-10H,4-5H2,1-3H3,(H,18,20)(H,19,21). The van der Waals surface area contributed by atoms with E-state index in [1.807, 2.05) is 13.8 Å². The average Bonchev–Trinajstić information content (AvgIpc) is 3.05. The van der Waals surface area contributed by atoms with Crippen LogP contribution in [-0.2, 0) is 4.79 Å². The highest BCUT2D eigenvalue weighted by molar-refractivity contribution is 6.03. The third-order valence-corrected chi connectivity index (χ3v) is 2.99. The molecular formula is C17H20N2O5. The van der Waals surface area contributed by atoms with Crippen molar-refractivity contribution < 1.29 is 23.5 Å². The third kappa shape index (κ3) is 4.28. The van der Waals surface area contributed by atoms with Crippen molar-refractivity contribution in [2.24, 2.45) is 0 Å². The molecule has 128 valence electrons. The van der Waals surface area contributed by atoms with Crippen molar-refractivity contribution in [2.45, 2.75) is 20.8 Å². The monoisotopic (exact) mass is 332 g/mol. The summed E-state index contributed by atoms with van der Waals surface area (Å²) >= 11 is 0. The number of nitrogens with one attached hydrogen (secondary N) is 2. The van der Waals surface area contributed by atoms with Crippen LogP contribution < -0.4 is 20.1 Å². The molecule has 0 atom stereocenters. The van der Waals surface area contributed by atoms with Gasteiger partial charge in [-0.25, -0.2) is 0 Å². The Bertz CT molecular complexity index is 710. The van der Waals surface area contributed by atoms with Crippen LogP contribution in [0.5, 0.6) is 11.5 Å². The maximum atomic E-state index is 12.2. The summed E-state index contributed by atoms with van der Waals surface area (Å²) in [7, 11) is 0. The van der Waals surface area contributed by atoms with E-state index >= 15 is 0 Å². The number of amides is 2. The van der Waals surface area contributed by atoms with Crippen LogP contribution in [0.4, 0.5) is 11.4 Å². The van der Waals surface area contributed by atoms with Gasteiger partial charge in [0.25, 0.3) is 5.91 Å². The third-order valence-electron chi connectivity index (χ3n) is 2.99. The van der Waals surface area contributed by atoms with Gasteiger partial charge in [-0.2, -0.15) is 0 Å². The number of ether oxygens (including phenoxy) is 2. The van der Waals surface area contributed by atoms with Gasteiger partial charge in [0.05, 0.1) is 30.9 Å². The fraction of sp³-hybridized carbons (Fsp3) is 0.294. The van der Waals surface area contributed by atoms with Gasteiger partial charge in [-0.1, -0.05) is 0 Å². The van der Waals surface area contributed by atoms with Gasteiger partial charge in [-0.05, 0) is 26.0 Å². The lowest BCUT2D eigenvalue weighted by Gasteiger charge is -2.17. The predicted molar refractivity (Wildman–Crippen MR) is 89.7 cm³/mol. The molecule has 1 aromatic carbocycles. The van der Waals surface area contributed by atoms with Gasteiger partial charge in [-0.15, -0.1) is 0 Å². The minimum Gasteiger partial charge on any atom is -0.492 e. The number of hydrogen-bond donors (Lipinski definition) is 2. The first kappa shape index (κ1) is 17.4. The van der Waals surface area contributed by atoms with Gasteiger partial charge in [-0.3, -0.25) is 9.59 Å². The van der Waals surface area contributed by atoms with Crippen molar-refractivity contribution in [1.29, 1.82) is 0 Å². The van der Waals surface area contributed by atoms with Crippen LogP contribution >= 0.6 is 0 Å². The average molecular weight is 332 g/mol. The molecule has 0 fully saturated rings. The van der Waals surface area contributed by atoms with E-state index < -0.39 is 5.91 Å². The summed E-state index contributed by atoms with van der Waals surface area (Å²) in [6, 6.07) is 6.42. The first-order valence-corrected chi connectivity index (χ1v) is 7.61. The van der Waals surface area contributed by atoms with Crippen LogP contribution in [0.15, 0.2) is 34.9 Å². The molecule has 0 spiro atoms. The second-order valence-electron chi connectivity index (χ2n) is 4.82. The molecule has 2 aromatic rings. The summed E-state index contributed by atoms with van der Waals surface area (Å²) in [5.41, 5.74) is 0.902. The summed E-state index contributed by atoms with van der Waals surface area (Å²) in [5.74, 6) is 0.401. The summed E-state index contributed by atoms with van der Waals surface area (Å²) in [4.78, 5) is 23.6. The zero-order chi connectivity index (χ0) is 17.5. The highest BCUT2D eigenvalue weighted by Gasteiger charge is 2.17. The first-order valence-electron chi connectivity index (χ1n) is 7.61. The molecule has 1 heterocycles. The molecule has 0 bridgehead atoms. The Morgan fingerprint density at radius 2 is 1.62 bits per heavy atom. The van der Waals surface area contributed by atoms with E-state index in [1.165, 1.54) is 13.2 Å². The maximum Gasteiger partial charge on any atom is 0.291 e. The van der Waals surface area contributed by atoms with E-state index in [0.717, 1.165) is 0 Å². The number of furan rings is 1. The number of carbonyl (C=O) groups excluding carboxylic acids is 2. The van der Waals surface area contributed by atoms with Crippen molar-refractivity contribution in [3.63, 3.8) is 0 Å². The normalized spacial score (nSPS) is 10.1. The Labute approximate surface area is 139 Å². The molecule has 0 saturated carbocycles. The van der Waals surface area contributed by atoms with Gasteiger partial charge < -0.3 is 24.5 Å². The molecule has 24 heavy (non-hydrogen) atoms. The Balaban J connectivity index is 2.38. The van der Waals surface area contributed by atoms with Crippen molar-refractivity contribution >= 4 is 23.2 Å². The fourth-order valence-electron chi connectivity index (χ4n) is 2.09. The topological polar surface area (TPSA) is 89.8 Å². The van der Waals surface area contributed by atoms with Crippen LogP contribution in [0.2, 0.25) is 0 Å². The second-order valence-corrected chi connectivity index (χ2v) is 4.82. The number of benzene rings is 1. The SMILES string of the molecule is CCOc1cc(NC(=O)c2ccco2)c(OCC)cc1NC(C)=O. The Kier molecular flexibility index (Phi) is 5.83. The molecule has 7 nitrogen and oxygen atoms in total. The van der Waals surface area contributed by atoms with E-state index in [-0.39, 0.29) is 11.7 Å². The summed E-state index contributed by atoms with van der Waals surface area (Å²) < 4.78 is 16.2. The van der Waals surface area contributed by atoms with E-state index in [2.05, 4.69) is 10.6 Å². The lowest BCUT2D eigenvalue weighted by atomic mass is 10.2.